The Bertz CT molecular complexity index is 1030. The highest BCUT2D eigenvalue weighted by molar-refractivity contribution is 6.09. The van der Waals surface area contributed by atoms with Crippen LogP contribution in [0, 0.1) is 0 Å². The lowest BCUT2D eigenvalue weighted by molar-refractivity contribution is 0.372. The zero-order valence-electron chi connectivity index (χ0n) is 17.8. The first-order valence-electron chi connectivity index (χ1n) is 11.8. The summed E-state index contributed by atoms with van der Waals surface area (Å²) in [6, 6.07) is 14.0. The van der Waals surface area contributed by atoms with Crippen LogP contribution in [0.25, 0.3) is 21.8 Å². The molecular formula is C26H32N4. The summed E-state index contributed by atoms with van der Waals surface area (Å²) in [4.78, 5) is 4.88. The van der Waals surface area contributed by atoms with E-state index in [1.807, 2.05) is 6.21 Å². The Labute approximate surface area is 179 Å². The normalized spacial score (nSPS) is 19.2. The van der Waals surface area contributed by atoms with Crippen LogP contribution in [0.15, 0.2) is 41.4 Å². The van der Waals surface area contributed by atoms with Crippen LogP contribution in [-0.4, -0.2) is 28.5 Å². The van der Waals surface area contributed by atoms with Crippen LogP contribution in [0.3, 0.4) is 0 Å². The third-order valence-electron chi connectivity index (χ3n) is 6.91. The fourth-order valence-electron chi connectivity index (χ4n) is 5.14. The molecule has 2 aliphatic carbocycles. The Balaban J connectivity index is 1.43. The fraction of sp³-hybridized carbons (Fsp3) is 0.500. The molecule has 3 aromatic rings. The van der Waals surface area contributed by atoms with Crippen molar-refractivity contribution in [3.05, 3.63) is 47.5 Å². The van der Waals surface area contributed by atoms with Gasteiger partial charge in [-0.15, -0.1) is 10.2 Å². The largest absolute Gasteiger partial charge is 0.310 e. The first kappa shape index (κ1) is 19.6. The molecule has 4 nitrogen and oxygen atoms in total. The number of hydrogen-bond donors (Lipinski definition) is 1. The van der Waals surface area contributed by atoms with Gasteiger partial charge >= 0.3 is 0 Å². The SMILES string of the molecule is C(=NC1CCCCC1)c1cccc2c1nnc1c(CNC3CCCCC3)cccc12. The Morgan fingerprint density at radius 2 is 1.47 bits per heavy atom. The van der Waals surface area contributed by atoms with E-state index in [4.69, 9.17) is 4.99 Å². The third kappa shape index (κ3) is 4.24. The Hall–Kier alpha value is -2.33. The number of nitrogens with zero attached hydrogens (tertiary/aromatic N) is 3. The second kappa shape index (κ2) is 9.22. The van der Waals surface area contributed by atoms with E-state index in [0.717, 1.165) is 23.1 Å². The van der Waals surface area contributed by atoms with Crippen molar-refractivity contribution in [2.24, 2.45) is 4.99 Å². The maximum atomic E-state index is 4.88. The van der Waals surface area contributed by atoms with Gasteiger partial charge in [0.15, 0.2) is 0 Å². The Morgan fingerprint density at radius 3 is 2.27 bits per heavy atom. The molecule has 5 rings (SSSR count). The summed E-state index contributed by atoms with van der Waals surface area (Å²) in [6.45, 7) is 0.866. The highest BCUT2D eigenvalue weighted by atomic mass is 15.1. The topological polar surface area (TPSA) is 50.2 Å². The Kier molecular flexibility index (Phi) is 6.03. The average molecular weight is 401 g/mol. The quantitative estimate of drug-likeness (QED) is 0.425. The monoisotopic (exact) mass is 400 g/mol. The smallest absolute Gasteiger partial charge is 0.102 e. The van der Waals surface area contributed by atoms with Crippen molar-refractivity contribution >= 4 is 28.0 Å². The van der Waals surface area contributed by atoms with E-state index in [1.165, 1.54) is 80.5 Å². The lowest BCUT2D eigenvalue weighted by Crippen LogP contribution is -2.30. The molecule has 2 saturated carbocycles. The number of hydrogen-bond acceptors (Lipinski definition) is 4. The second-order valence-electron chi connectivity index (χ2n) is 9.04. The molecule has 0 bridgehead atoms. The molecule has 1 aromatic heterocycles. The molecule has 0 unspecified atom stereocenters. The van der Waals surface area contributed by atoms with Crippen LogP contribution in [0.1, 0.15) is 75.3 Å². The molecule has 2 fully saturated rings. The fourth-order valence-corrected chi connectivity index (χ4v) is 5.14. The molecule has 0 aliphatic heterocycles. The van der Waals surface area contributed by atoms with Gasteiger partial charge in [-0.1, -0.05) is 74.9 Å². The highest BCUT2D eigenvalue weighted by Gasteiger charge is 2.15. The molecule has 4 heteroatoms. The van der Waals surface area contributed by atoms with Gasteiger partial charge in [-0.25, -0.2) is 0 Å². The van der Waals surface area contributed by atoms with Gasteiger partial charge in [0.1, 0.15) is 5.52 Å². The molecule has 30 heavy (non-hydrogen) atoms. The van der Waals surface area contributed by atoms with Crippen LogP contribution >= 0.6 is 0 Å². The molecule has 1 N–H and O–H groups in total. The van der Waals surface area contributed by atoms with Gasteiger partial charge in [0.25, 0.3) is 0 Å². The van der Waals surface area contributed by atoms with Gasteiger partial charge in [0, 0.05) is 41.2 Å². The van der Waals surface area contributed by atoms with Gasteiger partial charge in [-0.05, 0) is 31.2 Å². The number of aliphatic imine (C=N–C) groups is 1. The maximum Gasteiger partial charge on any atom is 0.102 e. The van der Waals surface area contributed by atoms with E-state index in [9.17, 15) is 0 Å². The lowest BCUT2D eigenvalue weighted by atomic mass is 9.95. The molecular weight excluding hydrogens is 368 g/mol. The number of nitrogens with one attached hydrogen (secondary N) is 1. The number of rotatable bonds is 5. The minimum atomic E-state index is 0.472. The highest BCUT2D eigenvalue weighted by Crippen LogP contribution is 2.27. The molecule has 0 radical (unpaired) electrons. The van der Waals surface area contributed by atoms with Crippen LogP contribution in [0.2, 0.25) is 0 Å². The van der Waals surface area contributed by atoms with Crippen molar-refractivity contribution in [1.82, 2.24) is 15.5 Å². The maximum absolute atomic E-state index is 4.88. The number of benzene rings is 2. The van der Waals surface area contributed by atoms with Crippen LogP contribution in [-0.2, 0) is 6.54 Å². The van der Waals surface area contributed by atoms with Crippen molar-refractivity contribution in [2.45, 2.75) is 82.8 Å². The molecule has 0 atom stereocenters. The lowest BCUT2D eigenvalue weighted by Gasteiger charge is -2.23. The van der Waals surface area contributed by atoms with Crippen molar-refractivity contribution in [3.63, 3.8) is 0 Å². The molecule has 0 saturated heterocycles. The molecule has 2 aromatic carbocycles. The third-order valence-corrected chi connectivity index (χ3v) is 6.91. The zero-order chi connectivity index (χ0) is 20.2. The van der Waals surface area contributed by atoms with E-state index >= 15 is 0 Å². The first-order chi connectivity index (χ1) is 14.9. The first-order valence-corrected chi connectivity index (χ1v) is 11.8. The minimum absolute atomic E-state index is 0.472. The molecule has 156 valence electrons. The van der Waals surface area contributed by atoms with Crippen molar-refractivity contribution in [1.29, 1.82) is 0 Å². The Morgan fingerprint density at radius 1 is 0.800 bits per heavy atom. The zero-order valence-corrected chi connectivity index (χ0v) is 17.8. The van der Waals surface area contributed by atoms with Gasteiger partial charge in [0.2, 0.25) is 0 Å². The molecule has 2 aliphatic rings. The summed E-state index contributed by atoms with van der Waals surface area (Å²) in [7, 11) is 0. The summed E-state index contributed by atoms with van der Waals surface area (Å²) < 4.78 is 0. The molecule has 0 spiro atoms. The summed E-state index contributed by atoms with van der Waals surface area (Å²) >= 11 is 0. The molecule has 1 heterocycles. The standard InChI is InChI=1S/C26H32N4/c1-3-11-21(12-4-1)27-17-19-9-7-15-23-24-16-8-10-20(26(24)30-29-25(19)23)18-28-22-13-5-2-6-14-22/h7-10,15-17,21-22,28H,1-6,11-14,18H2. The van der Waals surface area contributed by atoms with Crippen molar-refractivity contribution < 1.29 is 0 Å². The van der Waals surface area contributed by atoms with E-state index in [1.54, 1.807) is 0 Å². The average Bonchev–Trinajstić information content (AvgIpc) is 2.82. The van der Waals surface area contributed by atoms with E-state index < -0.39 is 0 Å². The van der Waals surface area contributed by atoms with E-state index in [0.29, 0.717) is 12.1 Å². The summed E-state index contributed by atoms with van der Waals surface area (Å²) in [5.74, 6) is 0. The van der Waals surface area contributed by atoms with Crippen LogP contribution in [0.5, 0.6) is 0 Å². The predicted molar refractivity (Wildman–Crippen MR) is 125 cm³/mol. The summed E-state index contributed by atoms with van der Waals surface area (Å²) in [5, 5.41) is 15.5. The number of fused-ring (bicyclic) bond motifs is 3. The second-order valence-corrected chi connectivity index (χ2v) is 9.04. The van der Waals surface area contributed by atoms with Crippen molar-refractivity contribution in [3.8, 4) is 0 Å². The number of aromatic nitrogens is 2. The van der Waals surface area contributed by atoms with E-state index in [-0.39, 0.29) is 0 Å². The van der Waals surface area contributed by atoms with Gasteiger partial charge in [-0.2, -0.15) is 0 Å². The van der Waals surface area contributed by atoms with Gasteiger partial charge in [0.05, 0.1) is 5.52 Å². The molecule has 0 amide bonds. The van der Waals surface area contributed by atoms with Crippen molar-refractivity contribution in [2.75, 3.05) is 0 Å². The van der Waals surface area contributed by atoms with Crippen LogP contribution in [0.4, 0.5) is 0 Å². The van der Waals surface area contributed by atoms with E-state index in [2.05, 4.69) is 51.9 Å². The summed E-state index contributed by atoms with van der Waals surface area (Å²) in [6.07, 6.45) is 15.1. The predicted octanol–water partition coefficient (Wildman–Crippen LogP) is 5.96. The minimum Gasteiger partial charge on any atom is -0.310 e. The van der Waals surface area contributed by atoms with Crippen LogP contribution < -0.4 is 5.32 Å². The summed E-state index contributed by atoms with van der Waals surface area (Å²) in [5.41, 5.74) is 4.31. The van der Waals surface area contributed by atoms with Gasteiger partial charge < -0.3 is 5.32 Å². The van der Waals surface area contributed by atoms with Gasteiger partial charge in [-0.3, -0.25) is 4.99 Å².